The van der Waals surface area contributed by atoms with Gasteiger partial charge in [-0.15, -0.1) is 0 Å². The van der Waals surface area contributed by atoms with Crippen LogP contribution in [-0.2, 0) is 34.0 Å². The number of rotatable bonds is 7. The molecule has 0 spiro atoms. The van der Waals surface area contributed by atoms with Gasteiger partial charge in [-0.2, -0.15) is 0 Å². The first-order valence-corrected chi connectivity index (χ1v) is 8.90. The number of carbonyl (C=O) groups is 3. The molecule has 7 nitrogen and oxygen atoms in total. The highest BCUT2D eigenvalue weighted by molar-refractivity contribution is 6.04. The number of ether oxygens (including phenoxy) is 4. The minimum atomic E-state index is -1.54. The van der Waals surface area contributed by atoms with Crippen molar-refractivity contribution >= 4 is 17.9 Å². The second kappa shape index (κ2) is 7.98. The van der Waals surface area contributed by atoms with E-state index in [4.69, 9.17) is 18.9 Å². The number of methoxy groups -OCH3 is 2. The highest BCUT2D eigenvalue weighted by atomic mass is 16.7. The Morgan fingerprint density at radius 2 is 1.67 bits per heavy atom. The van der Waals surface area contributed by atoms with Crippen LogP contribution in [0.2, 0.25) is 0 Å². The molecular formula is C20H26O7. The monoisotopic (exact) mass is 378 g/mol. The molecule has 1 heterocycles. The molecule has 1 aliphatic rings. The summed E-state index contributed by atoms with van der Waals surface area (Å²) in [6.07, 6.45) is 1.59. The minimum absolute atomic E-state index is 0.234. The van der Waals surface area contributed by atoms with Gasteiger partial charge in [-0.25, -0.2) is 0 Å². The fourth-order valence-corrected chi connectivity index (χ4v) is 3.44. The van der Waals surface area contributed by atoms with E-state index in [-0.39, 0.29) is 6.42 Å². The summed E-state index contributed by atoms with van der Waals surface area (Å²) < 4.78 is 20.8. The Kier molecular flexibility index (Phi) is 6.13. The number of esters is 3. The Labute approximate surface area is 158 Å². The van der Waals surface area contributed by atoms with E-state index in [1.165, 1.54) is 28.1 Å². The SMILES string of the molecule is CCCC[C@@](C(=O)OC)(c1ccc(OC)cc1)C1C(=O)OC(C)(C)OC1=O. The largest absolute Gasteiger partial charge is 0.497 e. The van der Waals surface area contributed by atoms with Gasteiger partial charge in [0.05, 0.1) is 14.2 Å². The fourth-order valence-electron chi connectivity index (χ4n) is 3.44. The van der Waals surface area contributed by atoms with Gasteiger partial charge in [0.25, 0.3) is 5.79 Å². The average Bonchev–Trinajstić information content (AvgIpc) is 2.62. The standard InChI is InChI=1S/C20H26O7/c1-6-7-12-20(18(23)25-5,13-8-10-14(24-4)11-9-13)15-16(21)26-19(2,3)27-17(15)22/h8-11,15H,6-7,12H2,1-5H3/t20-/m1/s1. The van der Waals surface area contributed by atoms with Gasteiger partial charge >= 0.3 is 17.9 Å². The number of unbranched alkanes of at least 4 members (excludes halogenated alkanes) is 1. The molecule has 0 radical (unpaired) electrons. The van der Waals surface area contributed by atoms with Gasteiger partial charge in [-0.1, -0.05) is 31.9 Å². The smallest absolute Gasteiger partial charge is 0.325 e. The van der Waals surface area contributed by atoms with E-state index < -0.39 is 35.0 Å². The van der Waals surface area contributed by atoms with Crippen molar-refractivity contribution in [1.82, 2.24) is 0 Å². The normalized spacial score (nSPS) is 18.9. The van der Waals surface area contributed by atoms with Crippen molar-refractivity contribution in [3.05, 3.63) is 29.8 Å². The lowest BCUT2D eigenvalue weighted by atomic mass is 9.66. The molecule has 0 unspecified atom stereocenters. The van der Waals surface area contributed by atoms with E-state index in [0.29, 0.717) is 17.7 Å². The maximum atomic E-state index is 13.0. The third-order valence-electron chi connectivity index (χ3n) is 4.74. The van der Waals surface area contributed by atoms with E-state index in [9.17, 15) is 14.4 Å². The van der Waals surface area contributed by atoms with Crippen LogP contribution in [0.5, 0.6) is 5.75 Å². The van der Waals surface area contributed by atoms with E-state index >= 15 is 0 Å². The first-order valence-electron chi connectivity index (χ1n) is 8.90. The summed E-state index contributed by atoms with van der Waals surface area (Å²) in [4.78, 5) is 38.6. The molecule has 7 heteroatoms. The second-order valence-corrected chi connectivity index (χ2v) is 6.97. The van der Waals surface area contributed by atoms with Gasteiger partial charge in [0, 0.05) is 13.8 Å². The van der Waals surface area contributed by atoms with Gasteiger partial charge in [-0.05, 0) is 24.1 Å². The van der Waals surface area contributed by atoms with Crippen LogP contribution in [0.25, 0.3) is 0 Å². The predicted molar refractivity (Wildman–Crippen MR) is 96.0 cm³/mol. The molecule has 0 amide bonds. The van der Waals surface area contributed by atoms with Crippen molar-refractivity contribution in [1.29, 1.82) is 0 Å². The highest BCUT2D eigenvalue weighted by Crippen LogP contribution is 2.43. The Hall–Kier alpha value is -2.57. The van der Waals surface area contributed by atoms with E-state index in [2.05, 4.69) is 0 Å². The van der Waals surface area contributed by atoms with Crippen molar-refractivity contribution in [2.75, 3.05) is 14.2 Å². The molecule has 1 aliphatic heterocycles. The summed E-state index contributed by atoms with van der Waals surface area (Å²) >= 11 is 0. The predicted octanol–water partition coefficient (Wildman–Crippen LogP) is 2.75. The molecule has 0 saturated carbocycles. The van der Waals surface area contributed by atoms with Crippen molar-refractivity contribution in [2.24, 2.45) is 5.92 Å². The van der Waals surface area contributed by atoms with Crippen molar-refractivity contribution < 1.29 is 33.3 Å². The van der Waals surface area contributed by atoms with Crippen LogP contribution in [0.4, 0.5) is 0 Å². The van der Waals surface area contributed by atoms with Crippen LogP contribution in [0.15, 0.2) is 24.3 Å². The topological polar surface area (TPSA) is 88.1 Å². The van der Waals surface area contributed by atoms with Gasteiger partial charge < -0.3 is 18.9 Å². The maximum Gasteiger partial charge on any atom is 0.325 e. The lowest BCUT2D eigenvalue weighted by Gasteiger charge is -2.41. The quantitative estimate of drug-likeness (QED) is 0.532. The van der Waals surface area contributed by atoms with Gasteiger partial charge in [0.15, 0.2) is 5.92 Å². The van der Waals surface area contributed by atoms with Crippen molar-refractivity contribution in [3.63, 3.8) is 0 Å². The molecule has 1 atom stereocenters. The average molecular weight is 378 g/mol. The molecule has 1 fully saturated rings. The summed E-state index contributed by atoms with van der Waals surface area (Å²) in [5, 5.41) is 0. The molecule has 27 heavy (non-hydrogen) atoms. The van der Waals surface area contributed by atoms with Crippen LogP contribution in [-0.4, -0.2) is 37.9 Å². The molecule has 1 saturated heterocycles. The van der Waals surface area contributed by atoms with Crippen LogP contribution in [0, 0.1) is 5.92 Å². The van der Waals surface area contributed by atoms with Gasteiger partial charge in [0.1, 0.15) is 11.2 Å². The lowest BCUT2D eigenvalue weighted by molar-refractivity contribution is -0.244. The van der Waals surface area contributed by atoms with E-state index in [1.54, 1.807) is 24.3 Å². The molecule has 0 aromatic heterocycles. The molecule has 1 aromatic rings. The summed E-state index contributed by atoms with van der Waals surface area (Å²) in [7, 11) is 2.76. The third kappa shape index (κ3) is 3.91. The third-order valence-corrected chi connectivity index (χ3v) is 4.74. The van der Waals surface area contributed by atoms with E-state index in [1.807, 2.05) is 6.92 Å². The first-order chi connectivity index (χ1) is 12.7. The number of carbonyl (C=O) groups excluding carboxylic acids is 3. The van der Waals surface area contributed by atoms with Gasteiger partial charge in [0.2, 0.25) is 0 Å². The zero-order valence-corrected chi connectivity index (χ0v) is 16.4. The van der Waals surface area contributed by atoms with Crippen molar-refractivity contribution in [3.8, 4) is 5.75 Å². The summed E-state index contributed by atoms with van der Waals surface area (Å²) in [6, 6.07) is 6.66. The number of benzene rings is 1. The molecular weight excluding hydrogens is 352 g/mol. The lowest BCUT2D eigenvalue weighted by Crippen LogP contribution is -2.57. The number of hydrogen-bond acceptors (Lipinski definition) is 7. The Bertz CT molecular complexity index is 688. The molecule has 2 rings (SSSR count). The van der Waals surface area contributed by atoms with Crippen LogP contribution < -0.4 is 4.74 Å². The van der Waals surface area contributed by atoms with Crippen LogP contribution in [0.1, 0.15) is 45.6 Å². The molecule has 0 N–H and O–H groups in total. The minimum Gasteiger partial charge on any atom is -0.497 e. The molecule has 0 bridgehead atoms. The number of hydrogen-bond donors (Lipinski definition) is 0. The van der Waals surface area contributed by atoms with Crippen molar-refractivity contribution in [2.45, 2.75) is 51.2 Å². The van der Waals surface area contributed by atoms with Crippen LogP contribution in [0.3, 0.4) is 0 Å². The Morgan fingerprint density at radius 3 is 2.11 bits per heavy atom. The Morgan fingerprint density at radius 1 is 1.11 bits per heavy atom. The Balaban J connectivity index is 2.64. The highest BCUT2D eigenvalue weighted by Gasteiger charge is 2.60. The molecule has 148 valence electrons. The fraction of sp³-hybridized carbons (Fsp3) is 0.550. The molecule has 0 aliphatic carbocycles. The zero-order valence-electron chi connectivity index (χ0n) is 16.4. The summed E-state index contributed by atoms with van der Waals surface area (Å²) in [5.41, 5.74) is -1.07. The zero-order chi connectivity index (χ0) is 20.2. The number of cyclic esters (lactones) is 2. The van der Waals surface area contributed by atoms with Crippen LogP contribution >= 0.6 is 0 Å². The summed E-state index contributed by atoms with van der Waals surface area (Å²) in [5.74, 6) is -4.51. The van der Waals surface area contributed by atoms with Gasteiger partial charge in [-0.3, -0.25) is 14.4 Å². The van der Waals surface area contributed by atoms with E-state index in [0.717, 1.165) is 6.42 Å². The second-order valence-electron chi connectivity index (χ2n) is 6.97. The maximum absolute atomic E-state index is 13.0. The first kappa shape index (κ1) is 20.7. The molecule has 1 aromatic carbocycles. The summed E-state index contributed by atoms with van der Waals surface area (Å²) in [6.45, 7) is 4.90.